The van der Waals surface area contributed by atoms with Crippen molar-refractivity contribution in [2.24, 2.45) is 5.92 Å². The fourth-order valence-corrected chi connectivity index (χ4v) is 8.37. The minimum atomic E-state index is -4.84. The first-order valence-corrected chi connectivity index (χ1v) is 17.5. The average Bonchev–Trinajstić information content (AvgIpc) is 3.52. The van der Waals surface area contributed by atoms with E-state index in [2.05, 4.69) is 15.5 Å². The molecule has 10 nitrogen and oxygen atoms in total. The van der Waals surface area contributed by atoms with E-state index in [1.807, 2.05) is 11.4 Å². The zero-order valence-electron chi connectivity index (χ0n) is 26.0. The van der Waals surface area contributed by atoms with Crippen LogP contribution in [0.5, 0.6) is 5.75 Å². The molecule has 4 amide bonds. The monoisotopic (exact) mass is 696 g/mol. The number of carbonyl (C=O) groups is 3. The van der Waals surface area contributed by atoms with E-state index in [-0.39, 0.29) is 42.3 Å². The highest BCUT2D eigenvalue weighted by molar-refractivity contribution is 7.14. The number of halogens is 4. The average molecular weight is 697 g/mol. The number of aromatic hydroxyl groups is 1. The second-order valence-corrected chi connectivity index (χ2v) is 14.2. The van der Waals surface area contributed by atoms with E-state index < -0.39 is 28.4 Å². The van der Waals surface area contributed by atoms with Gasteiger partial charge in [-0.1, -0.05) is 11.6 Å². The van der Waals surface area contributed by atoms with E-state index in [1.54, 1.807) is 14.7 Å². The standard InChI is InChI=1S/C32H40ClF3N6O4S/c33-26-17-20(16-25(28(26)44)32(34,35)36)15-22(30(45)41-10-1-23(2-11-41)39-12-6-37-7-13-39)18-27(43)40-8-3-24(4-9-40)42-19-21-5-14-47-29(21)38-31(42)46/h5,14,16-17,22-24,37,44H,1-4,6-13,15,18-19H2,(H,38,46)/t22-/m0/s1. The first-order valence-electron chi connectivity index (χ1n) is 16.2. The van der Waals surface area contributed by atoms with Crippen molar-refractivity contribution in [1.29, 1.82) is 0 Å². The highest BCUT2D eigenvalue weighted by Gasteiger charge is 2.38. The molecule has 3 N–H and O–H groups in total. The van der Waals surface area contributed by atoms with Crippen LogP contribution in [0.15, 0.2) is 23.6 Å². The van der Waals surface area contributed by atoms with Crippen LogP contribution in [0.3, 0.4) is 0 Å². The molecular formula is C32H40ClF3N6O4S. The second-order valence-electron chi connectivity index (χ2n) is 12.9. The number of piperazine rings is 1. The molecule has 2 aromatic rings. The predicted octanol–water partition coefficient (Wildman–Crippen LogP) is 4.61. The summed E-state index contributed by atoms with van der Waals surface area (Å²) in [6.45, 7) is 6.11. The number of hydrogen-bond acceptors (Lipinski definition) is 7. The van der Waals surface area contributed by atoms with E-state index in [0.717, 1.165) is 55.7 Å². The van der Waals surface area contributed by atoms with Crippen molar-refractivity contribution in [2.75, 3.05) is 57.7 Å². The molecular weight excluding hydrogens is 657 g/mol. The minimum Gasteiger partial charge on any atom is -0.506 e. The predicted molar refractivity (Wildman–Crippen MR) is 172 cm³/mol. The van der Waals surface area contributed by atoms with E-state index >= 15 is 0 Å². The highest BCUT2D eigenvalue weighted by atomic mass is 35.5. The van der Waals surface area contributed by atoms with Crippen LogP contribution in [0.25, 0.3) is 0 Å². The zero-order valence-corrected chi connectivity index (χ0v) is 27.6. The molecule has 1 atom stereocenters. The summed E-state index contributed by atoms with van der Waals surface area (Å²) in [6, 6.07) is 4.22. The summed E-state index contributed by atoms with van der Waals surface area (Å²) >= 11 is 7.49. The van der Waals surface area contributed by atoms with Gasteiger partial charge in [-0.25, -0.2) is 4.79 Å². The highest BCUT2D eigenvalue weighted by Crippen LogP contribution is 2.41. The maximum absolute atomic E-state index is 14.0. The summed E-state index contributed by atoms with van der Waals surface area (Å²) in [4.78, 5) is 48.1. The Morgan fingerprint density at radius 2 is 1.66 bits per heavy atom. The molecule has 4 aliphatic heterocycles. The number of urea groups is 1. The quantitative estimate of drug-likeness (QED) is 0.391. The molecule has 0 spiro atoms. The third-order valence-electron chi connectivity index (χ3n) is 9.95. The van der Waals surface area contributed by atoms with Gasteiger partial charge < -0.3 is 25.1 Å². The van der Waals surface area contributed by atoms with Gasteiger partial charge in [-0.05, 0) is 61.2 Å². The molecule has 1 aromatic heterocycles. The molecule has 3 saturated heterocycles. The molecule has 15 heteroatoms. The van der Waals surface area contributed by atoms with Gasteiger partial charge >= 0.3 is 12.2 Å². The van der Waals surface area contributed by atoms with Gasteiger partial charge in [0.1, 0.15) is 10.8 Å². The summed E-state index contributed by atoms with van der Waals surface area (Å²) in [6.07, 6.45) is -2.38. The minimum absolute atomic E-state index is 0.0403. The van der Waals surface area contributed by atoms with Crippen molar-refractivity contribution in [3.63, 3.8) is 0 Å². The fourth-order valence-electron chi connectivity index (χ4n) is 7.33. The van der Waals surface area contributed by atoms with E-state index in [4.69, 9.17) is 11.6 Å². The number of phenolic OH excluding ortho intramolecular Hbond substituents is 1. The first kappa shape index (κ1) is 33.8. The number of phenols is 1. The zero-order chi connectivity index (χ0) is 33.3. The van der Waals surface area contributed by atoms with Crippen LogP contribution in [0.2, 0.25) is 5.02 Å². The Morgan fingerprint density at radius 1 is 1.00 bits per heavy atom. The topological polar surface area (TPSA) is 108 Å². The second kappa shape index (κ2) is 14.2. The third kappa shape index (κ3) is 7.65. The summed E-state index contributed by atoms with van der Waals surface area (Å²) in [7, 11) is 0. The molecule has 256 valence electrons. The number of rotatable bonds is 7. The number of alkyl halides is 3. The Bertz CT molecular complexity index is 1470. The lowest BCUT2D eigenvalue weighted by Crippen LogP contribution is -2.53. The van der Waals surface area contributed by atoms with Gasteiger partial charge in [0.2, 0.25) is 11.8 Å². The summed E-state index contributed by atoms with van der Waals surface area (Å²) in [5.41, 5.74) is -0.0770. The smallest absolute Gasteiger partial charge is 0.420 e. The molecule has 4 aliphatic rings. The molecule has 1 aromatic carbocycles. The Labute approximate surface area is 280 Å². The van der Waals surface area contributed by atoms with Crippen LogP contribution in [0.4, 0.5) is 23.0 Å². The number of likely N-dealkylation sites (tertiary alicyclic amines) is 2. The summed E-state index contributed by atoms with van der Waals surface area (Å²) in [5, 5.41) is 18.6. The molecule has 0 bridgehead atoms. The Balaban J connectivity index is 1.13. The number of amides is 4. The lowest BCUT2D eigenvalue weighted by molar-refractivity contribution is -0.143. The molecule has 5 heterocycles. The number of anilines is 1. The number of piperidine rings is 2. The van der Waals surface area contributed by atoms with Crippen LogP contribution in [-0.2, 0) is 28.7 Å². The molecule has 0 saturated carbocycles. The van der Waals surface area contributed by atoms with Gasteiger partial charge in [-0.2, -0.15) is 13.2 Å². The number of benzene rings is 1. The van der Waals surface area contributed by atoms with Crippen molar-refractivity contribution in [3.8, 4) is 5.75 Å². The van der Waals surface area contributed by atoms with E-state index in [9.17, 15) is 32.7 Å². The maximum atomic E-state index is 14.0. The third-order valence-corrected chi connectivity index (χ3v) is 11.1. The van der Waals surface area contributed by atoms with Crippen LogP contribution in [0, 0.1) is 5.92 Å². The van der Waals surface area contributed by atoms with Crippen molar-refractivity contribution >= 4 is 45.8 Å². The number of nitrogens with zero attached hydrogens (tertiary/aromatic N) is 4. The van der Waals surface area contributed by atoms with Gasteiger partial charge in [0.05, 0.1) is 23.0 Å². The van der Waals surface area contributed by atoms with Crippen LogP contribution in [-0.4, -0.2) is 107 Å². The molecule has 0 aliphatic carbocycles. The van der Waals surface area contributed by atoms with E-state index in [1.165, 1.54) is 17.4 Å². The molecule has 6 rings (SSSR count). The first-order chi connectivity index (χ1) is 22.5. The molecule has 47 heavy (non-hydrogen) atoms. The van der Waals surface area contributed by atoms with Gasteiger partial charge in [-0.3, -0.25) is 19.8 Å². The fraction of sp³-hybridized carbons (Fsp3) is 0.594. The molecule has 0 radical (unpaired) electrons. The summed E-state index contributed by atoms with van der Waals surface area (Å²) < 4.78 is 41.1. The largest absolute Gasteiger partial charge is 0.506 e. The lowest BCUT2D eigenvalue weighted by atomic mass is 9.91. The van der Waals surface area contributed by atoms with Crippen LogP contribution >= 0.6 is 22.9 Å². The molecule has 3 fully saturated rings. The van der Waals surface area contributed by atoms with Crippen molar-refractivity contribution < 1.29 is 32.7 Å². The molecule has 0 unspecified atom stereocenters. The number of hydrogen-bond donors (Lipinski definition) is 3. The SMILES string of the molecule is O=C(C[C@H](Cc1cc(Cl)c(O)c(C(F)(F)F)c1)C(=O)N1CCC(N2CCNCC2)CC1)N1CCC(N2Cc3ccsc3NC2=O)CC1. The Morgan fingerprint density at radius 3 is 2.34 bits per heavy atom. The van der Waals surface area contributed by atoms with Gasteiger partial charge in [0.15, 0.2) is 0 Å². The van der Waals surface area contributed by atoms with Crippen LogP contribution in [0.1, 0.15) is 48.8 Å². The maximum Gasteiger partial charge on any atom is 0.420 e. The van der Waals surface area contributed by atoms with Gasteiger partial charge in [-0.15, -0.1) is 11.3 Å². The van der Waals surface area contributed by atoms with Crippen molar-refractivity contribution in [2.45, 2.75) is 63.3 Å². The number of thiophene rings is 1. The Kier molecular flexibility index (Phi) is 10.2. The lowest BCUT2D eigenvalue weighted by Gasteiger charge is -2.41. The van der Waals surface area contributed by atoms with Crippen molar-refractivity contribution in [1.82, 2.24) is 24.9 Å². The summed E-state index contributed by atoms with van der Waals surface area (Å²) in [5.74, 6) is -2.47. The van der Waals surface area contributed by atoms with Gasteiger partial charge in [0.25, 0.3) is 0 Å². The van der Waals surface area contributed by atoms with Crippen molar-refractivity contribution in [3.05, 3.63) is 45.3 Å². The van der Waals surface area contributed by atoms with E-state index in [0.29, 0.717) is 51.6 Å². The normalized spacial score (nSPS) is 21.0. The van der Waals surface area contributed by atoms with Gasteiger partial charge in [0, 0.05) is 76.4 Å². The number of nitrogens with one attached hydrogen (secondary N) is 2. The number of fused-ring (bicyclic) bond motifs is 1. The Hall–Kier alpha value is -3.07. The van der Waals surface area contributed by atoms with Crippen LogP contribution < -0.4 is 10.6 Å². The number of carbonyl (C=O) groups excluding carboxylic acids is 3.